The van der Waals surface area contributed by atoms with Crippen molar-refractivity contribution in [3.05, 3.63) is 89.5 Å². The number of aryl methyl sites for hydroxylation is 3. The Bertz CT molecular complexity index is 717. The Kier molecular flexibility index (Phi) is 4.33. The number of benzene rings is 3. The van der Waals surface area contributed by atoms with Crippen LogP contribution >= 0.6 is 0 Å². The number of hydrogen-bond donors (Lipinski definition) is 1. The van der Waals surface area contributed by atoms with E-state index >= 15 is 0 Å². The molecule has 3 aromatic carbocycles. The van der Waals surface area contributed by atoms with Crippen LogP contribution in [0.15, 0.2) is 72.8 Å². The first-order valence-electron chi connectivity index (χ1n) is 7.90. The first-order chi connectivity index (χ1) is 11.1. The van der Waals surface area contributed by atoms with Gasteiger partial charge in [0.15, 0.2) is 0 Å². The molecule has 2 nitrogen and oxygen atoms in total. The molecule has 0 fully saturated rings. The highest BCUT2D eigenvalue weighted by atomic mass is 15.5. The molecule has 0 atom stereocenters. The van der Waals surface area contributed by atoms with Crippen molar-refractivity contribution in [1.82, 2.24) is 0 Å². The van der Waals surface area contributed by atoms with E-state index in [1.165, 1.54) is 16.7 Å². The Labute approximate surface area is 138 Å². The molecular weight excluding hydrogens is 280 g/mol. The van der Waals surface area contributed by atoms with Crippen LogP contribution in [0, 0.1) is 20.8 Å². The second kappa shape index (κ2) is 6.57. The average molecular weight is 302 g/mol. The first-order valence-corrected chi connectivity index (χ1v) is 7.90. The summed E-state index contributed by atoms with van der Waals surface area (Å²) in [7, 11) is 0. The highest BCUT2D eigenvalue weighted by molar-refractivity contribution is 5.71. The lowest BCUT2D eigenvalue weighted by Crippen LogP contribution is -2.25. The van der Waals surface area contributed by atoms with Gasteiger partial charge in [-0.05, 0) is 56.2 Å². The van der Waals surface area contributed by atoms with Gasteiger partial charge in [-0.3, -0.25) is 10.4 Å². The topological polar surface area (TPSA) is 15.3 Å². The lowest BCUT2D eigenvalue weighted by molar-refractivity contribution is 1.14. The maximum absolute atomic E-state index is 3.61. The summed E-state index contributed by atoms with van der Waals surface area (Å²) in [6.07, 6.45) is 0. The number of anilines is 3. The molecule has 0 aliphatic heterocycles. The largest absolute Gasteiger partial charge is 0.293 e. The van der Waals surface area contributed by atoms with Crippen LogP contribution < -0.4 is 10.4 Å². The van der Waals surface area contributed by atoms with E-state index in [0.29, 0.717) is 0 Å². The molecule has 3 aromatic rings. The van der Waals surface area contributed by atoms with Gasteiger partial charge in [0, 0.05) is 0 Å². The lowest BCUT2D eigenvalue weighted by atomic mass is 10.1. The summed E-state index contributed by atoms with van der Waals surface area (Å²) in [4.78, 5) is 0. The molecule has 0 aliphatic carbocycles. The average Bonchev–Trinajstić information content (AvgIpc) is 2.56. The molecule has 1 N–H and O–H groups in total. The predicted molar refractivity (Wildman–Crippen MR) is 99.3 cm³/mol. The van der Waals surface area contributed by atoms with E-state index in [4.69, 9.17) is 0 Å². The van der Waals surface area contributed by atoms with Crippen molar-refractivity contribution >= 4 is 17.1 Å². The minimum atomic E-state index is 1.11. The molecule has 0 spiro atoms. The number of hydrogen-bond acceptors (Lipinski definition) is 2. The van der Waals surface area contributed by atoms with Gasteiger partial charge in [0.25, 0.3) is 0 Å². The third-order valence-corrected chi connectivity index (χ3v) is 3.93. The van der Waals surface area contributed by atoms with Crippen molar-refractivity contribution in [2.45, 2.75) is 20.8 Å². The summed E-state index contributed by atoms with van der Waals surface area (Å²) in [6, 6.07) is 25.2. The third-order valence-electron chi connectivity index (χ3n) is 3.93. The van der Waals surface area contributed by atoms with Crippen LogP contribution in [-0.4, -0.2) is 0 Å². The zero-order valence-electron chi connectivity index (χ0n) is 13.9. The fourth-order valence-electron chi connectivity index (χ4n) is 2.90. The van der Waals surface area contributed by atoms with Gasteiger partial charge in [-0.2, -0.15) is 0 Å². The van der Waals surface area contributed by atoms with Crippen molar-refractivity contribution < 1.29 is 0 Å². The maximum atomic E-state index is 3.61. The van der Waals surface area contributed by atoms with Crippen LogP contribution in [-0.2, 0) is 0 Å². The van der Waals surface area contributed by atoms with E-state index in [1.807, 2.05) is 12.1 Å². The van der Waals surface area contributed by atoms with Gasteiger partial charge < -0.3 is 0 Å². The first kappa shape index (κ1) is 15.2. The van der Waals surface area contributed by atoms with Crippen LogP contribution in [0.1, 0.15) is 16.7 Å². The standard InChI is InChI=1S/C21H22N2/c1-16-14-17(2)21(18(3)15-16)22-23(19-10-6-4-7-11-19)20-12-8-5-9-13-20/h4-15,22H,1-3H3. The second-order valence-corrected chi connectivity index (χ2v) is 5.89. The molecule has 2 heteroatoms. The number of nitrogens with one attached hydrogen (secondary N) is 1. The lowest BCUT2D eigenvalue weighted by Gasteiger charge is -2.28. The third kappa shape index (κ3) is 3.37. The Morgan fingerprint density at radius 2 is 1.09 bits per heavy atom. The van der Waals surface area contributed by atoms with Gasteiger partial charge in [-0.1, -0.05) is 54.1 Å². The van der Waals surface area contributed by atoms with Crippen LogP contribution in [0.25, 0.3) is 0 Å². The monoisotopic (exact) mass is 302 g/mol. The molecule has 0 aliphatic rings. The van der Waals surface area contributed by atoms with Crippen molar-refractivity contribution in [2.75, 3.05) is 10.4 Å². The van der Waals surface area contributed by atoms with E-state index < -0.39 is 0 Å². The van der Waals surface area contributed by atoms with Crippen molar-refractivity contribution in [3.8, 4) is 0 Å². The zero-order chi connectivity index (χ0) is 16.2. The van der Waals surface area contributed by atoms with E-state index in [1.54, 1.807) is 0 Å². The van der Waals surface area contributed by atoms with Crippen LogP contribution in [0.2, 0.25) is 0 Å². The highest BCUT2D eigenvalue weighted by Crippen LogP contribution is 2.29. The summed E-state index contributed by atoms with van der Waals surface area (Å²) in [6.45, 7) is 6.43. The maximum Gasteiger partial charge on any atom is 0.0630 e. The summed E-state index contributed by atoms with van der Waals surface area (Å²) >= 11 is 0. The summed E-state index contributed by atoms with van der Waals surface area (Å²) in [5, 5.41) is 2.13. The Balaban J connectivity index is 2.04. The quantitative estimate of drug-likeness (QED) is 0.615. The summed E-state index contributed by atoms with van der Waals surface area (Å²) in [5.74, 6) is 0. The normalized spacial score (nSPS) is 10.4. The predicted octanol–water partition coefficient (Wildman–Crippen LogP) is 5.78. The summed E-state index contributed by atoms with van der Waals surface area (Å²) < 4.78 is 0. The number of rotatable bonds is 4. The van der Waals surface area contributed by atoms with Crippen LogP contribution in [0.3, 0.4) is 0 Å². The SMILES string of the molecule is Cc1cc(C)c(NN(c2ccccc2)c2ccccc2)c(C)c1. The molecule has 3 rings (SSSR count). The Morgan fingerprint density at radius 3 is 1.52 bits per heavy atom. The van der Waals surface area contributed by atoms with Gasteiger partial charge >= 0.3 is 0 Å². The molecule has 0 saturated carbocycles. The second-order valence-electron chi connectivity index (χ2n) is 5.89. The van der Waals surface area contributed by atoms with E-state index in [2.05, 4.69) is 91.9 Å². The van der Waals surface area contributed by atoms with Gasteiger partial charge in [-0.15, -0.1) is 0 Å². The fourth-order valence-corrected chi connectivity index (χ4v) is 2.90. The fraction of sp³-hybridized carbons (Fsp3) is 0.143. The minimum absolute atomic E-state index is 1.11. The van der Waals surface area contributed by atoms with Gasteiger partial charge in [0.2, 0.25) is 0 Å². The van der Waals surface area contributed by atoms with E-state index in [9.17, 15) is 0 Å². The number of hydrazine groups is 1. The zero-order valence-corrected chi connectivity index (χ0v) is 13.9. The number of nitrogens with zero attached hydrogens (tertiary/aromatic N) is 1. The number of para-hydroxylation sites is 2. The van der Waals surface area contributed by atoms with Gasteiger partial charge in [0.1, 0.15) is 0 Å². The molecule has 0 amide bonds. The van der Waals surface area contributed by atoms with E-state index in [-0.39, 0.29) is 0 Å². The molecule has 0 heterocycles. The van der Waals surface area contributed by atoms with E-state index in [0.717, 1.165) is 17.1 Å². The van der Waals surface area contributed by atoms with Crippen molar-refractivity contribution in [3.63, 3.8) is 0 Å². The Morgan fingerprint density at radius 1 is 0.652 bits per heavy atom. The smallest absolute Gasteiger partial charge is 0.0630 e. The molecule has 0 saturated heterocycles. The Hall–Kier alpha value is -2.74. The van der Waals surface area contributed by atoms with Crippen LogP contribution in [0.5, 0.6) is 0 Å². The molecule has 0 unspecified atom stereocenters. The summed E-state index contributed by atoms with van der Waals surface area (Å²) in [5.41, 5.74) is 10.8. The highest BCUT2D eigenvalue weighted by Gasteiger charge is 2.12. The van der Waals surface area contributed by atoms with Crippen molar-refractivity contribution in [1.29, 1.82) is 0 Å². The van der Waals surface area contributed by atoms with Gasteiger partial charge in [-0.25, -0.2) is 0 Å². The minimum Gasteiger partial charge on any atom is -0.293 e. The molecule has 116 valence electrons. The van der Waals surface area contributed by atoms with Crippen LogP contribution in [0.4, 0.5) is 17.1 Å². The molecule has 0 radical (unpaired) electrons. The van der Waals surface area contributed by atoms with Gasteiger partial charge in [0.05, 0.1) is 17.1 Å². The molecule has 23 heavy (non-hydrogen) atoms. The molecular formula is C21H22N2. The van der Waals surface area contributed by atoms with Crippen molar-refractivity contribution in [2.24, 2.45) is 0 Å². The molecule has 0 aromatic heterocycles. The molecule has 0 bridgehead atoms.